The van der Waals surface area contributed by atoms with Gasteiger partial charge in [-0.15, -0.1) is 0 Å². The van der Waals surface area contributed by atoms with Crippen molar-refractivity contribution in [2.45, 2.75) is 32.9 Å². The SMILES string of the molecule is COC(=O)C1c2ccc(OCc3cc(N)ccc3Cl)cc2CCN1C(=O)OCC(C)C. The monoisotopic (exact) mass is 446 g/mol. The number of amides is 1. The minimum absolute atomic E-state index is 0.200. The van der Waals surface area contributed by atoms with Gasteiger partial charge in [-0.25, -0.2) is 9.59 Å². The number of hydrogen-bond donors (Lipinski definition) is 1. The number of rotatable bonds is 6. The number of fused-ring (bicyclic) bond motifs is 1. The van der Waals surface area contributed by atoms with Crippen LogP contribution in [0.4, 0.5) is 10.5 Å². The lowest BCUT2D eigenvalue weighted by atomic mass is 9.92. The van der Waals surface area contributed by atoms with Crippen LogP contribution in [0, 0.1) is 5.92 Å². The Hall–Kier alpha value is -2.93. The van der Waals surface area contributed by atoms with Crippen molar-refractivity contribution in [1.82, 2.24) is 4.90 Å². The van der Waals surface area contributed by atoms with Gasteiger partial charge in [-0.2, -0.15) is 0 Å². The van der Waals surface area contributed by atoms with Crippen molar-refractivity contribution >= 4 is 29.4 Å². The molecule has 1 aliphatic rings. The minimum atomic E-state index is -0.856. The van der Waals surface area contributed by atoms with E-state index in [2.05, 4.69) is 0 Å². The number of methoxy groups -OCH3 is 1. The lowest BCUT2D eigenvalue weighted by molar-refractivity contribution is -0.147. The number of carbonyl (C=O) groups excluding carboxylic acids is 2. The molecular formula is C23H27ClN2O5. The van der Waals surface area contributed by atoms with Gasteiger partial charge in [0.2, 0.25) is 0 Å². The molecule has 2 N–H and O–H groups in total. The molecule has 0 saturated carbocycles. The number of benzene rings is 2. The van der Waals surface area contributed by atoms with Crippen LogP contribution in [0.5, 0.6) is 5.75 Å². The molecule has 0 fully saturated rings. The molecule has 3 rings (SSSR count). The fraction of sp³-hybridized carbons (Fsp3) is 0.391. The fourth-order valence-corrected chi connectivity index (χ4v) is 3.61. The van der Waals surface area contributed by atoms with E-state index in [9.17, 15) is 9.59 Å². The van der Waals surface area contributed by atoms with Gasteiger partial charge in [0.05, 0.1) is 13.7 Å². The van der Waals surface area contributed by atoms with Crippen molar-refractivity contribution in [2.75, 3.05) is 26.0 Å². The molecule has 0 bridgehead atoms. The van der Waals surface area contributed by atoms with E-state index in [0.717, 1.165) is 11.1 Å². The summed E-state index contributed by atoms with van der Waals surface area (Å²) in [5, 5.41) is 0.577. The highest BCUT2D eigenvalue weighted by Crippen LogP contribution is 2.34. The average molecular weight is 447 g/mol. The zero-order chi connectivity index (χ0) is 22.5. The smallest absolute Gasteiger partial charge is 0.410 e. The predicted octanol–water partition coefficient (Wildman–Crippen LogP) is 4.37. The molecule has 8 heteroatoms. The van der Waals surface area contributed by atoms with E-state index < -0.39 is 18.1 Å². The zero-order valence-corrected chi connectivity index (χ0v) is 18.6. The van der Waals surface area contributed by atoms with Crippen LogP contribution in [0.25, 0.3) is 0 Å². The Morgan fingerprint density at radius 3 is 2.71 bits per heavy atom. The normalized spacial score (nSPS) is 15.4. The van der Waals surface area contributed by atoms with Gasteiger partial charge in [0.1, 0.15) is 12.4 Å². The first-order valence-corrected chi connectivity index (χ1v) is 10.5. The fourth-order valence-electron chi connectivity index (χ4n) is 3.44. The average Bonchev–Trinajstić information content (AvgIpc) is 2.76. The van der Waals surface area contributed by atoms with Crippen molar-refractivity contribution in [1.29, 1.82) is 0 Å². The number of ether oxygens (including phenoxy) is 3. The largest absolute Gasteiger partial charge is 0.489 e. The summed E-state index contributed by atoms with van der Waals surface area (Å²) >= 11 is 6.20. The van der Waals surface area contributed by atoms with Crippen LogP contribution in [0.1, 0.15) is 36.6 Å². The summed E-state index contributed by atoms with van der Waals surface area (Å²) in [6.45, 7) is 4.80. The van der Waals surface area contributed by atoms with E-state index >= 15 is 0 Å². The van der Waals surface area contributed by atoms with Crippen LogP contribution in [-0.2, 0) is 27.3 Å². The van der Waals surface area contributed by atoms with Gasteiger partial charge in [-0.05, 0) is 53.8 Å². The molecule has 0 spiro atoms. The van der Waals surface area contributed by atoms with Crippen molar-refractivity contribution < 1.29 is 23.8 Å². The van der Waals surface area contributed by atoms with E-state index in [1.165, 1.54) is 12.0 Å². The number of hydrogen-bond acceptors (Lipinski definition) is 6. The molecular weight excluding hydrogens is 420 g/mol. The van der Waals surface area contributed by atoms with Crippen molar-refractivity contribution in [3.63, 3.8) is 0 Å². The topological polar surface area (TPSA) is 91.1 Å². The number of nitrogen functional groups attached to an aromatic ring is 1. The highest BCUT2D eigenvalue weighted by atomic mass is 35.5. The van der Waals surface area contributed by atoms with Crippen LogP contribution in [0.15, 0.2) is 36.4 Å². The van der Waals surface area contributed by atoms with E-state index in [1.54, 1.807) is 30.3 Å². The minimum Gasteiger partial charge on any atom is -0.489 e. The third-order valence-electron chi connectivity index (χ3n) is 5.01. The second-order valence-corrected chi connectivity index (χ2v) is 8.25. The maximum Gasteiger partial charge on any atom is 0.410 e. The van der Waals surface area contributed by atoms with E-state index in [1.807, 2.05) is 19.9 Å². The number of carbonyl (C=O) groups is 2. The van der Waals surface area contributed by atoms with Gasteiger partial charge in [0.15, 0.2) is 6.04 Å². The van der Waals surface area contributed by atoms with Gasteiger partial charge in [-0.1, -0.05) is 31.5 Å². The molecule has 1 unspecified atom stereocenters. The van der Waals surface area contributed by atoms with Crippen LogP contribution in [-0.4, -0.2) is 37.2 Å². The lowest BCUT2D eigenvalue weighted by Crippen LogP contribution is -2.44. The Morgan fingerprint density at radius 1 is 1.23 bits per heavy atom. The molecule has 0 saturated heterocycles. The lowest BCUT2D eigenvalue weighted by Gasteiger charge is -2.35. The molecule has 2 aromatic rings. The molecule has 2 aromatic carbocycles. The standard InChI is InChI=1S/C23H27ClN2O5/c1-14(2)12-31-23(28)26-9-8-15-11-18(5-6-19(15)21(26)22(27)29-3)30-13-16-10-17(25)4-7-20(16)24/h4-7,10-11,14,21H,8-9,12-13,25H2,1-3H3. The van der Waals surface area contributed by atoms with Gasteiger partial charge >= 0.3 is 12.1 Å². The molecule has 1 heterocycles. The molecule has 166 valence electrons. The molecule has 31 heavy (non-hydrogen) atoms. The maximum atomic E-state index is 12.6. The summed E-state index contributed by atoms with van der Waals surface area (Å²) in [6.07, 6.45) is 0.0435. The first-order valence-electron chi connectivity index (χ1n) is 10.1. The van der Waals surface area contributed by atoms with Crippen LogP contribution < -0.4 is 10.5 Å². The van der Waals surface area contributed by atoms with Gasteiger partial charge in [-0.3, -0.25) is 4.90 Å². The quantitative estimate of drug-likeness (QED) is 0.523. The highest BCUT2D eigenvalue weighted by Gasteiger charge is 2.37. The second-order valence-electron chi connectivity index (χ2n) is 7.84. The number of esters is 1. The third-order valence-corrected chi connectivity index (χ3v) is 5.37. The third kappa shape index (κ3) is 5.41. The Kier molecular flexibility index (Phi) is 7.28. The summed E-state index contributed by atoms with van der Waals surface area (Å²) in [4.78, 5) is 26.5. The molecule has 0 radical (unpaired) electrons. The maximum absolute atomic E-state index is 12.6. The zero-order valence-electron chi connectivity index (χ0n) is 17.9. The summed E-state index contributed by atoms with van der Waals surface area (Å²) < 4.78 is 16.2. The number of anilines is 1. The van der Waals surface area contributed by atoms with Crippen LogP contribution in [0.2, 0.25) is 5.02 Å². The van der Waals surface area contributed by atoms with Crippen molar-refractivity contribution in [2.24, 2.45) is 5.92 Å². The Morgan fingerprint density at radius 2 is 2.00 bits per heavy atom. The van der Waals surface area contributed by atoms with E-state index in [-0.39, 0.29) is 19.1 Å². The van der Waals surface area contributed by atoms with Crippen molar-refractivity contribution in [3.8, 4) is 5.75 Å². The Balaban J connectivity index is 1.79. The van der Waals surface area contributed by atoms with Crippen LogP contribution in [0.3, 0.4) is 0 Å². The van der Waals surface area contributed by atoms with Crippen LogP contribution >= 0.6 is 11.6 Å². The summed E-state index contributed by atoms with van der Waals surface area (Å²) in [5.74, 6) is 0.324. The van der Waals surface area contributed by atoms with Crippen molar-refractivity contribution in [3.05, 3.63) is 58.1 Å². The Labute approximate surface area is 187 Å². The second kappa shape index (κ2) is 9.92. The molecule has 1 aliphatic heterocycles. The van der Waals surface area contributed by atoms with Gasteiger partial charge in [0.25, 0.3) is 0 Å². The molecule has 1 atom stereocenters. The Bertz CT molecular complexity index is 963. The number of nitrogens with zero attached hydrogens (tertiary/aromatic N) is 1. The van der Waals surface area contributed by atoms with E-state index in [0.29, 0.717) is 35.0 Å². The highest BCUT2D eigenvalue weighted by molar-refractivity contribution is 6.31. The molecule has 7 nitrogen and oxygen atoms in total. The first kappa shape index (κ1) is 22.7. The van der Waals surface area contributed by atoms with Gasteiger partial charge < -0.3 is 19.9 Å². The molecule has 0 aromatic heterocycles. The van der Waals surface area contributed by atoms with E-state index in [4.69, 9.17) is 31.5 Å². The number of halogens is 1. The number of nitrogens with two attached hydrogens (primary N) is 1. The summed E-state index contributed by atoms with van der Waals surface area (Å²) in [7, 11) is 1.31. The summed E-state index contributed by atoms with van der Waals surface area (Å²) in [5.41, 5.74) is 8.83. The first-order chi connectivity index (χ1) is 14.8. The van der Waals surface area contributed by atoms with Gasteiger partial charge in [0, 0.05) is 22.8 Å². The molecule has 1 amide bonds. The molecule has 0 aliphatic carbocycles. The summed E-state index contributed by atoms with van der Waals surface area (Å²) in [6, 6.07) is 9.81. The predicted molar refractivity (Wildman–Crippen MR) is 118 cm³/mol.